The molecule has 2 aliphatic carbocycles. The molecule has 172 valence electrons. The Balaban J connectivity index is 1.15. The molecule has 5 nitrogen and oxygen atoms in total. The summed E-state index contributed by atoms with van der Waals surface area (Å²) in [5.74, 6) is 1.31. The van der Waals surface area contributed by atoms with Gasteiger partial charge in [-0.3, -0.25) is 9.99 Å². The second-order valence-electron chi connectivity index (χ2n) is 9.84. The number of aromatic nitrogens is 2. The van der Waals surface area contributed by atoms with Gasteiger partial charge < -0.3 is 9.88 Å². The van der Waals surface area contributed by atoms with Crippen LogP contribution < -0.4 is 5.32 Å². The largest absolute Gasteiger partial charge is 0.385 e. The predicted octanol–water partition coefficient (Wildman–Crippen LogP) is 6.40. The van der Waals surface area contributed by atoms with Gasteiger partial charge in [0.25, 0.3) is 0 Å². The Hall–Kier alpha value is -3.08. The molecular formula is C28H35N5. The number of nitrogens with one attached hydrogen (secondary N) is 1. The van der Waals surface area contributed by atoms with Gasteiger partial charge in [-0.1, -0.05) is 12.1 Å². The number of rotatable bonds is 8. The highest BCUT2D eigenvalue weighted by atomic mass is 15.5. The van der Waals surface area contributed by atoms with E-state index in [1.54, 1.807) is 0 Å². The molecule has 0 aliphatic heterocycles. The number of hydrogen-bond acceptors (Lipinski definition) is 4. The zero-order chi connectivity index (χ0) is 22.8. The van der Waals surface area contributed by atoms with Crippen molar-refractivity contribution in [3.8, 4) is 0 Å². The Morgan fingerprint density at radius 3 is 2.76 bits per heavy atom. The number of pyridine rings is 1. The van der Waals surface area contributed by atoms with E-state index in [1.165, 1.54) is 71.9 Å². The Labute approximate surface area is 197 Å². The Morgan fingerprint density at radius 2 is 2.00 bits per heavy atom. The van der Waals surface area contributed by atoms with Crippen molar-refractivity contribution in [1.29, 1.82) is 0 Å². The minimum atomic E-state index is 0.540. The fourth-order valence-corrected chi connectivity index (χ4v) is 5.08. The van der Waals surface area contributed by atoms with E-state index in [0.29, 0.717) is 12.0 Å². The van der Waals surface area contributed by atoms with E-state index in [1.807, 2.05) is 11.2 Å². The van der Waals surface area contributed by atoms with Crippen LogP contribution in [-0.4, -0.2) is 33.9 Å². The first-order valence-corrected chi connectivity index (χ1v) is 12.3. The van der Waals surface area contributed by atoms with E-state index in [2.05, 4.69) is 84.5 Å². The van der Waals surface area contributed by atoms with E-state index < -0.39 is 0 Å². The van der Waals surface area contributed by atoms with Gasteiger partial charge in [0.2, 0.25) is 0 Å². The number of hydrazone groups is 1. The summed E-state index contributed by atoms with van der Waals surface area (Å²) in [5, 5.41) is 11.2. The van der Waals surface area contributed by atoms with E-state index in [0.717, 1.165) is 12.5 Å². The van der Waals surface area contributed by atoms with E-state index in [9.17, 15) is 0 Å². The molecule has 0 spiro atoms. The average Bonchev–Trinajstić information content (AvgIpc) is 3.64. The Bertz CT molecular complexity index is 1150. The highest BCUT2D eigenvalue weighted by Crippen LogP contribution is 2.36. The van der Waals surface area contributed by atoms with Crippen molar-refractivity contribution in [3.63, 3.8) is 0 Å². The van der Waals surface area contributed by atoms with Crippen molar-refractivity contribution in [2.45, 2.75) is 57.4 Å². The molecule has 0 bridgehead atoms. The number of hydrogen-bond donors (Lipinski definition) is 1. The second-order valence-corrected chi connectivity index (χ2v) is 9.84. The smallest absolute Gasteiger partial charge is 0.0664 e. The summed E-state index contributed by atoms with van der Waals surface area (Å²) < 4.78 is 2.14. The minimum absolute atomic E-state index is 0.540. The van der Waals surface area contributed by atoms with Crippen molar-refractivity contribution in [1.82, 2.24) is 14.6 Å². The van der Waals surface area contributed by atoms with Gasteiger partial charge in [0.1, 0.15) is 0 Å². The van der Waals surface area contributed by atoms with Gasteiger partial charge >= 0.3 is 0 Å². The number of nitrogens with zero attached hydrogens (tertiary/aromatic N) is 4. The normalized spacial score (nSPS) is 21.2. The number of aryl methyl sites for hydroxylation is 1. The first-order valence-electron chi connectivity index (χ1n) is 12.3. The fraction of sp³-hybridized carbons (Fsp3) is 0.429. The third-order valence-corrected chi connectivity index (χ3v) is 7.38. The van der Waals surface area contributed by atoms with E-state index >= 15 is 0 Å². The standard InChI is InChI=1S/C28H35N5/c1-20(19-33(29-2)26-11-12-26)23-5-4-6-25(15-23)30-17-21-7-9-22(10-8-21)27-16-24-13-14-32(3)28(24)18-31-27/h4-6,13-16,18-19,21-22,26,30H,2,7-12,17H2,1,3H3/b20-19+. The lowest BCUT2D eigenvalue weighted by atomic mass is 9.80. The van der Waals surface area contributed by atoms with Gasteiger partial charge in [-0.2, -0.15) is 5.10 Å². The maximum absolute atomic E-state index is 4.79. The lowest BCUT2D eigenvalue weighted by Gasteiger charge is -2.28. The van der Waals surface area contributed by atoms with Crippen LogP contribution in [0.15, 0.2) is 60.1 Å². The average molecular weight is 442 g/mol. The van der Waals surface area contributed by atoms with Crippen molar-refractivity contribution < 1.29 is 0 Å². The lowest BCUT2D eigenvalue weighted by molar-refractivity contribution is 0.335. The third-order valence-electron chi connectivity index (χ3n) is 7.38. The molecule has 3 aromatic rings. The number of allylic oxidation sites excluding steroid dienone is 1. The minimum Gasteiger partial charge on any atom is -0.385 e. The highest BCUT2D eigenvalue weighted by molar-refractivity contribution is 5.79. The summed E-state index contributed by atoms with van der Waals surface area (Å²) in [6.45, 7) is 6.91. The van der Waals surface area contributed by atoms with Crippen LogP contribution in [0.2, 0.25) is 0 Å². The molecule has 5 heteroatoms. The molecule has 0 radical (unpaired) electrons. The summed E-state index contributed by atoms with van der Waals surface area (Å²) in [4.78, 5) is 4.79. The van der Waals surface area contributed by atoms with Gasteiger partial charge in [0.05, 0.1) is 17.8 Å². The Kier molecular flexibility index (Phi) is 6.21. The fourth-order valence-electron chi connectivity index (χ4n) is 5.08. The van der Waals surface area contributed by atoms with E-state index in [4.69, 9.17) is 4.98 Å². The van der Waals surface area contributed by atoms with Crippen LogP contribution in [0, 0.1) is 5.92 Å². The molecule has 0 unspecified atom stereocenters. The van der Waals surface area contributed by atoms with Crippen molar-refractivity contribution in [2.75, 3.05) is 11.9 Å². The van der Waals surface area contributed by atoms with Crippen LogP contribution >= 0.6 is 0 Å². The maximum atomic E-state index is 4.79. The van der Waals surface area contributed by atoms with Gasteiger partial charge in [-0.25, -0.2) is 0 Å². The molecule has 2 aliphatic rings. The molecular weight excluding hydrogens is 406 g/mol. The zero-order valence-corrected chi connectivity index (χ0v) is 19.9. The van der Waals surface area contributed by atoms with Crippen LogP contribution in [0.25, 0.3) is 16.5 Å². The molecule has 33 heavy (non-hydrogen) atoms. The predicted molar refractivity (Wildman–Crippen MR) is 138 cm³/mol. The summed E-state index contributed by atoms with van der Waals surface area (Å²) >= 11 is 0. The van der Waals surface area contributed by atoms with Crippen LogP contribution in [0.4, 0.5) is 5.69 Å². The Morgan fingerprint density at radius 1 is 1.18 bits per heavy atom. The molecule has 1 N–H and O–H groups in total. The SMILES string of the molecule is C=NN(/C=C(\C)c1cccc(NCC2CCC(c3cc4ccn(C)c4cn3)CC2)c1)C1CC1. The van der Waals surface area contributed by atoms with Gasteiger partial charge in [-0.15, -0.1) is 0 Å². The lowest BCUT2D eigenvalue weighted by Crippen LogP contribution is -2.21. The molecule has 0 amide bonds. The van der Waals surface area contributed by atoms with Gasteiger partial charge in [-0.05, 0) is 86.8 Å². The highest BCUT2D eigenvalue weighted by Gasteiger charge is 2.27. The molecule has 5 rings (SSSR count). The molecule has 2 saturated carbocycles. The number of anilines is 1. The van der Waals surface area contributed by atoms with Crippen LogP contribution in [-0.2, 0) is 7.05 Å². The van der Waals surface area contributed by atoms with Crippen LogP contribution in [0.5, 0.6) is 0 Å². The third kappa shape index (κ3) is 4.97. The van der Waals surface area contributed by atoms with Crippen molar-refractivity contribution in [2.24, 2.45) is 18.1 Å². The zero-order valence-electron chi connectivity index (χ0n) is 19.9. The molecule has 0 saturated heterocycles. The monoisotopic (exact) mass is 441 g/mol. The van der Waals surface area contributed by atoms with Crippen molar-refractivity contribution in [3.05, 3.63) is 66.2 Å². The molecule has 2 fully saturated rings. The first kappa shape index (κ1) is 21.7. The quantitative estimate of drug-likeness (QED) is 0.325. The van der Waals surface area contributed by atoms with Gasteiger partial charge in [0.15, 0.2) is 0 Å². The molecule has 2 aromatic heterocycles. The summed E-state index contributed by atoms with van der Waals surface area (Å²) in [6.07, 6.45) is 13.7. The summed E-state index contributed by atoms with van der Waals surface area (Å²) in [7, 11) is 2.08. The molecule has 2 heterocycles. The van der Waals surface area contributed by atoms with Gasteiger partial charge in [0, 0.05) is 55.4 Å². The van der Waals surface area contributed by atoms with Crippen molar-refractivity contribution >= 4 is 28.9 Å². The first-order chi connectivity index (χ1) is 16.1. The number of fused-ring (bicyclic) bond motifs is 1. The van der Waals surface area contributed by atoms with E-state index in [-0.39, 0.29) is 0 Å². The van der Waals surface area contributed by atoms with Crippen LogP contribution in [0.3, 0.4) is 0 Å². The number of benzene rings is 1. The molecule has 1 aromatic carbocycles. The molecule has 0 atom stereocenters. The topological polar surface area (TPSA) is 45.5 Å². The second kappa shape index (κ2) is 9.42. The summed E-state index contributed by atoms with van der Waals surface area (Å²) in [5.41, 5.74) is 6.14. The van der Waals surface area contributed by atoms with Crippen LogP contribution in [0.1, 0.15) is 62.6 Å². The summed E-state index contributed by atoms with van der Waals surface area (Å²) in [6, 6.07) is 13.8. The maximum Gasteiger partial charge on any atom is 0.0664 e.